The van der Waals surface area contributed by atoms with Gasteiger partial charge in [-0.25, -0.2) is 27.8 Å². The lowest BCUT2D eigenvalue weighted by atomic mass is 10.0. The second kappa shape index (κ2) is 12.6. The van der Waals surface area contributed by atoms with E-state index in [-0.39, 0.29) is 29.8 Å². The molecular weight excluding hydrogens is 578 g/mol. The topological polar surface area (TPSA) is 133 Å². The lowest BCUT2D eigenvalue weighted by Crippen LogP contribution is -2.44. The number of benzene rings is 2. The summed E-state index contributed by atoms with van der Waals surface area (Å²) in [6, 6.07) is 11.4. The van der Waals surface area contributed by atoms with Gasteiger partial charge in [-0.2, -0.15) is 0 Å². The Bertz CT molecular complexity index is 1720. The Morgan fingerprint density at radius 3 is 2.70 bits per heavy atom. The van der Waals surface area contributed by atoms with E-state index in [0.717, 1.165) is 0 Å². The number of nitrogen functional groups attached to an aromatic ring is 1. The highest BCUT2D eigenvalue weighted by Gasteiger charge is 2.26. The molecule has 1 aliphatic heterocycles. The summed E-state index contributed by atoms with van der Waals surface area (Å²) < 4.78 is 67.5. The third-order valence-corrected chi connectivity index (χ3v) is 8.27. The number of aromatic nitrogens is 3. The molecule has 228 valence electrons. The fourth-order valence-electron chi connectivity index (χ4n) is 4.91. The fourth-order valence-corrected chi connectivity index (χ4v) is 5.99. The SMILES string of the molecule is CC(C)Oc1cc(-c2cccc(NS(=O)(=O)CCCF)c2F)cc2c(N3CCOC[C@H]3C)nc(-c3ccc(N)nc3)nc12. The summed E-state index contributed by atoms with van der Waals surface area (Å²) >= 11 is 0. The van der Waals surface area contributed by atoms with Gasteiger partial charge in [0.2, 0.25) is 10.0 Å². The monoisotopic (exact) mass is 612 g/mol. The van der Waals surface area contributed by atoms with Crippen LogP contribution in [0, 0.1) is 5.82 Å². The molecule has 3 heterocycles. The van der Waals surface area contributed by atoms with Gasteiger partial charge in [-0.1, -0.05) is 12.1 Å². The average Bonchev–Trinajstić information content (AvgIpc) is 2.97. The van der Waals surface area contributed by atoms with Crippen LogP contribution in [0.25, 0.3) is 33.4 Å². The number of hydrogen-bond acceptors (Lipinski definition) is 9. The number of fused-ring (bicyclic) bond motifs is 1. The van der Waals surface area contributed by atoms with Crippen LogP contribution in [0.15, 0.2) is 48.7 Å². The smallest absolute Gasteiger partial charge is 0.232 e. The molecule has 0 aliphatic carbocycles. The molecule has 1 fully saturated rings. The number of anilines is 3. The zero-order chi connectivity index (χ0) is 30.7. The average molecular weight is 613 g/mol. The van der Waals surface area contributed by atoms with Gasteiger partial charge in [-0.3, -0.25) is 9.11 Å². The molecule has 1 atom stereocenters. The maximum Gasteiger partial charge on any atom is 0.232 e. The van der Waals surface area contributed by atoms with Gasteiger partial charge in [0.05, 0.1) is 43.5 Å². The summed E-state index contributed by atoms with van der Waals surface area (Å²) in [5.74, 6) is 0.587. The molecule has 13 heteroatoms. The van der Waals surface area contributed by atoms with Crippen molar-refractivity contribution >= 4 is 38.2 Å². The van der Waals surface area contributed by atoms with Crippen LogP contribution in [0.2, 0.25) is 0 Å². The quantitative estimate of drug-likeness (QED) is 0.248. The van der Waals surface area contributed by atoms with E-state index < -0.39 is 28.3 Å². The minimum absolute atomic E-state index is 0.0128. The molecule has 0 unspecified atom stereocenters. The van der Waals surface area contributed by atoms with E-state index in [1.165, 1.54) is 6.07 Å². The van der Waals surface area contributed by atoms with Crippen LogP contribution in [0.1, 0.15) is 27.2 Å². The number of nitrogens with zero attached hydrogens (tertiary/aromatic N) is 4. The molecule has 0 amide bonds. The molecule has 2 aromatic carbocycles. The van der Waals surface area contributed by atoms with E-state index in [1.54, 1.807) is 42.6 Å². The molecule has 2 aromatic heterocycles. The fraction of sp³-hybridized carbons (Fsp3) is 0.367. The summed E-state index contributed by atoms with van der Waals surface area (Å²) in [4.78, 5) is 16.1. The Labute approximate surface area is 249 Å². The molecule has 0 bridgehead atoms. The predicted molar refractivity (Wildman–Crippen MR) is 164 cm³/mol. The van der Waals surface area contributed by atoms with Gasteiger partial charge in [-0.15, -0.1) is 0 Å². The number of ether oxygens (including phenoxy) is 2. The molecule has 43 heavy (non-hydrogen) atoms. The van der Waals surface area contributed by atoms with Crippen molar-refractivity contribution in [3.8, 4) is 28.3 Å². The van der Waals surface area contributed by atoms with E-state index in [9.17, 15) is 12.8 Å². The van der Waals surface area contributed by atoms with Gasteiger partial charge in [0.25, 0.3) is 0 Å². The molecule has 0 saturated carbocycles. The summed E-state index contributed by atoms with van der Waals surface area (Å²) in [7, 11) is -3.94. The maximum atomic E-state index is 15.9. The van der Waals surface area contributed by atoms with Crippen LogP contribution in [-0.2, 0) is 14.8 Å². The van der Waals surface area contributed by atoms with Crippen molar-refractivity contribution in [2.45, 2.75) is 39.3 Å². The van der Waals surface area contributed by atoms with Crippen LogP contribution in [0.5, 0.6) is 5.75 Å². The number of hydrogen-bond donors (Lipinski definition) is 2. The molecule has 10 nitrogen and oxygen atoms in total. The molecule has 1 saturated heterocycles. The standard InChI is InChI=1S/C30H34F2N6O4S/c1-18(2)42-25-15-21(22-6-4-7-24(27(22)32)37-43(39,40)13-5-10-31)14-23-28(25)35-29(20-8-9-26(33)34-16-20)36-30(23)38-11-12-41-17-19(38)3/h4,6-9,14-16,18-19,37H,5,10-13,17H2,1-3H3,(H2,33,34)/t19-/m1/s1. The van der Waals surface area contributed by atoms with Crippen LogP contribution in [-0.4, -0.2) is 67.7 Å². The number of alkyl halides is 1. The Balaban J connectivity index is 1.72. The maximum absolute atomic E-state index is 15.9. The molecular formula is C30H34F2N6O4S. The molecule has 5 rings (SSSR count). The number of nitrogens with two attached hydrogens (primary N) is 1. The lowest BCUT2D eigenvalue weighted by molar-refractivity contribution is 0.0987. The number of rotatable bonds is 10. The number of nitrogens with one attached hydrogen (secondary N) is 1. The van der Waals surface area contributed by atoms with Crippen molar-refractivity contribution < 1.29 is 26.7 Å². The van der Waals surface area contributed by atoms with Gasteiger partial charge >= 0.3 is 0 Å². The minimum Gasteiger partial charge on any atom is -0.489 e. The van der Waals surface area contributed by atoms with Gasteiger partial charge < -0.3 is 20.1 Å². The largest absolute Gasteiger partial charge is 0.489 e. The third kappa shape index (κ3) is 6.78. The first-order valence-corrected chi connectivity index (χ1v) is 15.7. The van der Waals surface area contributed by atoms with Crippen LogP contribution in [0.3, 0.4) is 0 Å². The van der Waals surface area contributed by atoms with Crippen molar-refractivity contribution in [2.24, 2.45) is 0 Å². The van der Waals surface area contributed by atoms with E-state index in [1.807, 2.05) is 20.8 Å². The molecule has 1 aliphatic rings. The van der Waals surface area contributed by atoms with Gasteiger partial charge in [-0.05, 0) is 63.1 Å². The first-order chi connectivity index (χ1) is 20.6. The lowest BCUT2D eigenvalue weighted by Gasteiger charge is -2.35. The summed E-state index contributed by atoms with van der Waals surface area (Å²) in [5, 5.41) is 0.627. The second-order valence-electron chi connectivity index (χ2n) is 10.6. The van der Waals surface area contributed by atoms with Crippen LogP contribution in [0.4, 0.5) is 26.1 Å². The Hall–Kier alpha value is -4.10. The van der Waals surface area contributed by atoms with Gasteiger partial charge in [0.15, 0.2) is 11.6 Å². The summed E-state index contributed by atoms with van der Waals surface area (Å²) in [6.07, 6.45) is 1.18. The molecule has 0 radical (unpaired) electrons. The van der Waals surface area contributed by atoms with Crippen molar-refractivity contribution in [1.29, 1.82) is 0 Å². The van der Waals surface area contributed by atoms with Crippen LogP contribution < -0.4 is 20.1 Å². The molecule has 0 spiro atoms. The van der Waals surface area contributed by atoms with Crippen molar-refractivity contribution in [1.82, 2.24) is 15.0 Å². The molecule has 3 N–H and O–H groups in total. The van der Waals surface area contributed by atoms with E-state index >= 15 is 4.39 Å². The van der Waals surface area contributed by atoms with Gasteiger partial charge in [0, 0.05) is 29.3 Å². The van der Waals surface area contributed by atoms with E-state index in [4.69, 9.17) is 25.2 Å². The number of halogens is 2. The van der Waals surface area contributed by atoms with Crippen molar-refractivity contribution in [3.05, 3.63) is 54.5 Å². The normalized spacial score (nSPS) is 15.7. The minimum atomic E-state index is -3.94. The summed E-state index contributed by atoms with van der Waals surface area (Å²) in [6.45, 7) is 6.57. The van der Waals surface area contributed by atoms with Crippen molar-refractivity contribution in [3.63, 3.8) is 0 Å². The van der Waals surface area contributed by atoms with E-state index in [0.29, 0.717) is 65.0 Å². The number of sulfonamides is 1. The predicted octanol–water partition coefficient (Wildman–Crippen LogP) is 5.19. The van der Waals surface area contributed by atoms with Crippen LogP contribution >= 0.6 is 0 Å². The highest BCUT2D eigenvalue weighted by Crippen LogP contribution is 2.40. The Kier molecular flexibility index (Phi) is 8.92. The van der Waals surface area contributed by atoms with Gasteiger partial charge in [0.1, 0.15) is 22.9 Å². The first-order valence-electron chi connectivity index (χ1n) is 14.0. The molecule has 4 aromatic rings. The highest BCUT2D eigenvalue weighted by atomic mass is 32.2. The summed E-state index contributed by atoms with van der Waals surface area (Å²) in [5.41, 5.74) is 7.36. The number of morpholine rings is 1. The third-order valence-electron chi connectivity index (χ3n) is 6.91. The number of pyridine rings is 1. The Morgan fingerprint density at radius 2 is 2.00 bits per heavy atom. The second-order valence-corrected chi connectivity index (χ2v) is 12.5. The zero-order valence-electron chi connectivity index (χ0n) is 24.2. The van der Waals surface area contributed by atoms with E-state index in [2.05, 4.69) is 14.6 Å². The Morgan fingerprint density at radius 1 is 1.19 bits per heavy atom. The van der Waals surface area contributed by atoms with Crippen molar-refractivity contribution in [2.75, 3.05) is 47.5 Å². The highest BCUT2D eigenvalue weighted by molar-refractivity contribution is 7.92. The first kappa shape index (κ1) is 30.4. The zero-order valence-corrected chi connectivity index (χ0v) is 25.0.